The highest BCUT2D eigenvalue weighted by Crippen LogP contribution is 2.45. The number of aliphatic carboxylic acids is 1. The molecule has 3 heterocycles. The Bertz CT molecular complexity index is 958. The highest BCUT2D eigenvalue weighted by atomic mass is 35.5. The number of anilines is 1. The molecular formula is C19H17ClN2O5S. The van der Waals surface area contributed by atoms with Crippen molar-refractivity contribution < 1.29 is 24.2 Å². The van der Waals surface area contributed by atoms with E-state index in [4.69, 9.17) is 22.1 Å². The minimum Gasteiger partial charge on any atom is -0.481 e. The van der Waals surface area contributed by atoms with Crippen molar-refractivity contribution in [2.45, 2.75) is 25.0 Å². The lowest BCUT2D eigenvalue weighted by Crippen LogP contribution is -2.41. The number of ether oxygens (including phenoxy) is 1. The van der Waals surface area contributed by atoms with Gasteiger partial charge in [-0.1, -0.05) is 23.7 Å². The molecule has 9 heteroatoms. The summed E-state index contributed by atoms with van der Waals surface area (Å²) in [6.07, 6.45) is 0.425. The molecule has 7 nitrogen and oxygen atoms in total. The molecule has 4 rings (SSSR count). The minimum absolute atomic E-state index is 0.191. The van der Waals surface area contributed by atoms with Crippen LogP contribution in [0.5, 0.6) is 0 Å². The fourth-order valence-corrected chi connectivity index (χ4v) is 5.16. The fraction of sp³-hybridized carbons (Fsp3) is 0.316. The Morgan fingerprint density at radius 3 is 2.39 bits per heavy atom. The maximum Gasteiger partial charge on any atom is 0.310 e. The number of benzene rings is 1. The molecule has 1 aromatic heterocycles. The number of carbonyl (C=O) groups excluding carboxylic acids is 2. The molecule has 146 valence electrons. The van der Waals surface area contributed by atoms with Crippen LogP contribution in [0, 0.1) is 11.8 Å². The number of carboxylic acid groups (broad SMARTS) is 1. The van der Waals surface area contributed by atoms with Crippen LogP contribution in [0.2, 0.25) is 5.02 Å². The van der Waals surface area contributed by atoms with Gasteiger partial charge in [0.2, 0.25) is 5.91 Å². The van der Waals surface area contributed by atoms with Gasteiger partial charge in [0.15, 0.2) is 0 Å². The Labute approximate surface area is 169 Å². The summed E-state index contributed by atoms with van der Waals surface area (Å²) in [5.41, 5.74) is 7.08. The van der Waals surface area contributed by atoms with Gasteiger partial charge in [-0.15, -0.1) is 11.3 Å². The van der Waals surface area contributed by atoms with Gasteiger partial charge < -0.3 is 20.9 Å². The summed E-state index contributed by atoms with van der Waals surface area (Å²) in [5, 5.41) is 14.8. The maximum absolute atomic E-state index is 12.9. The number of amides is 2. The number of halogens is 1. The molecule has 2 aliphatic heterocycles. The van der Waals surface area contributed by atoms with E-state index in [0.29, 0.717) is 28.4 Å². The van der Waals surface area contributed by atoms with Crippen molar-refractivity contribution in [1.29, 1.82) is 0 Å². The molecule has 0 aliphatic carbocycles. The summed E-state index contributed by atoms with van der Waals surface area (Å²) < 4.78 is 5.64. The lowest BCUT2D eigenvalue weighted by atomic mass is 9.78. The van der Waals surface area contributed by atoms with E-state index in [1.807, 2.05) is 0 Å². The van der Waals surface area contributed by atoms with E-state index < -0.39 is 41.8 Å². The van der Waals surface area contributed by atoms with Crippen molar-refractivity contribution in [3.05, 3.63) is 40.2 Å². The van der Waals surface area contributed by atoms with Crippen LogP contribution in [0.15, 0.2) is 29.6 Å². The second-order valence-corrected chi connectivity index (χ2v) is 8.21. The Morgan fingerprint density at radius 1 is 1.14 bits per heavy atom. The third-order valence-corrected chi connectivity index (χ3v) is 6.44. The van der Waals surface area contributed by atoms with Crippen molar-refractivity contribution >= 4 is 45.7 Å². The second-order valence-electron chi connectivity index (χ2n) is 6.89. The maximum atomic E-state index is 12.9. The molecule has 2 fully saturated rings. The van der Waals surface area contributed by atoms with Crippen LogP contribution < -0.4 is 11.1 Å². The monoisotopic (exact) mass is 420 g/mol. The van der Waals surface area contributed by atoms with E-state index >= 15 is 0 Å². The number of nitrogens with one attached hydrogen (secondary N) is 1. The molecular weight excluding hydrogens is 404 g/mol. The molecule has 0 spiro atoms. The van der Waals surface area contributed by atoms with E-state index in [1.165, 1.54) is 11.3 Å². The average molecular weight is 421 g/mol. The van der Waals surface area contributed by atoms with Crippen LogP contribution in [-0.2, 0) is 14.3 Å². The van der Waals surface area contributed by atoms with Crippen LogP contribution in [0.3, 0.4) is 0 Å². The number of primary amides is 1. The first-order chi connectivity index (χ1) is 13.4. The molecule has 0 radical (unpaired) electrons. The topological polar surface area (TPSA) is 119 Å². The van der Waals surface area contributed by atoms with Gasteiger partial charge in [-0.2, -0.15) is 0 Å². The molecule has 4 atom stereocenters. The van der Waals surface area contributed by atoms with E-state index in [0.717, 1.165) is 5.56 Å². The van der Waals surface area contributed by atoms with Gasteiger partial charge in [0.1, 0.15) is 5.00 Å². The van der Waals surface area contributed by atoms with Crippen LogP contribution in [-0.4, -0.2) is 35.1 Å². The summed E-state index contributed by atoms with van der Waals surface area (Å²) >= 11 is 7.08. The van der Waals surface area contributed by atoms with Crippen LogP contribution in [0.1, 0.15) is 23.2 Å². The summed E-state index contributed by atoms with van der Waals surface area (Å²) in [6.45, 7) is 0. The van der Waals surface area contributed by atoms with Crippen molar-refractivity contribution in [2.24, 2.45) is 17.6 Å². The van der Waals surface area contributed by atoms with Crippen LogP contribution in [0.25, 0.3) is 11.1 Å². The van der Waals surface area contributed by atoms with E-state index in [2.05, 4.69) is 5.32 Å². The highest BCUT2D eigenvalue weighted by Gasteiger charge is 2.55. The summed E-state index contributed by atoms with van der Waals surface area (Å²) in [7, 11) is 0. The van der Waals surface area contributed by atoms with Crippen molar-refractivity contribution in [2.75, 3.05) is 5.32 Å². The number of rotatable bonds is 5. The van der Waals surface area contributed by atoms with Gasteiger partial charge >= 0.3 is 5.97 Å². The normalized spacial score (nSPS) is 25.6. The quantitative estimate of drug-likeness (QED) is 0.687. The SMILES string of the molecule is NC(=O)c1c(-c2ccc(Cl)cc2)csc1NC(=O)[C@@H]1[C@@H](C(=O)O)[C@@H]2CC[C@@H]1O2. The summed E-state index contributed by atoms with van der Waals surface area (Å²) in [6, 6.07) is 6.91. The number of thiophene rings is 1. The highest BCUT2D eigenvalue weighted by molar-refractivity contribution is 7.15. The number of carbonyl (C=O) groups is 3. The fourth-order valence-electron chi connectivity index (χ4n) is 4.06. The third kappa shape index (κ3) is 3.17. The zero-order chi connectivity index (χ0) is 20.0. The minimum atomic E-state index is -1.05. The van der Waals surface area contributed by atoms with Crippen LogP contribution >= 0.6 is 22.9 Å². The molecule has 0 saturated carbocycles. The second kappa shape index (κ2) is 7.20. The van der Waals surface area contributed by atoms with Gasteiger partial charge in [0.05, 0.1) is 29.6 Å². The number of hydrogen-bond donors (Lipinski definition) is 3. The zero-order valence-electron chi connectivity index (χ0n) is 14.6. The standard InChI is InChI=1S/C19H17ClN2O5S/c20-9-3-1-8(2-4-9)10-7-28-18(13(10)16(21)23)22-17(24)14-11-5-6-12(27-11)15(14)19(25)26/h1-4,7,11-12,14-15H,5-6H2,(H2,21,23)(H,22,24)(H,25,26)/t11-,12-,14-,15-/m0/s1. The number of fused-ring (bicyclic) bond motifs is 2. The lowest BCUT2D eigenvalue weighted by molar-refractivity contribution is -0.147. The molecule has 4 N–H and O–H groups in total. The summed E-state index contributed by atoms with van der Waals surface area (Å²) in [5.74, 6) is -3.87. The van der Waals surface area contributed by atoms with Gasteiger partial charge in [-0.05, 0) is 30.5 Å². The van der Waals surface area contributed by atoms with E-state index in [9.17, 15) is 19.5 Å². The van der Waals surface area contributed by atoms with Crippen molar-refractivity contribution in [3.8, 4) is 11.1 Å². The molecule has 1 aromatic carbocycles. The van der Waals surface area contributed by atoms with Gasteiger partial charge in [0.25, 0.3) is 5.91 Å². The van der Waals surface area contributed by atoms with E-state index in [-0.39, 0.29) is 5.56 Å². The number of hydrogen-bond acceptors (Lipinski definition) is 5. The number of carboxylic acids is 1. The Kier molecular flexibility index (Phi) is 4.86. The Balaban J connectivity index is 1.63. The van der Waals surface area contributed by atoms with Crippen molar-refractivity contribution in [3.63, 3.8) is 0 Å². The van der Waals surface area contributed by atoms with Gasteiger partial charge in [0, 0.05) is 16.0 Å². The van der Waals surface area contributed by atoms with Crippen molar-refractivity contribution in [1.82, 2.24) is 0 Å². The molecule has 28 heavy (non-hydrogen) atoms. The molecule has 2 amide bonds. The third-order valence-electron chi connectivity index (χ3n) is 5.29. The molecule has 2 saturated heterocycles. The first-order valence-electron chi connectivity index (χ1n) is 8.73. The Hall–Kier alpha value is -2.42. The first kappa shape index (κ1) is 18.9. The van der Waals surface area contributed by atoms with E-state index in [1.54, 1.807) is 29.6 Å². The van der Waals surface area contributed by atoms with Gasteiger partial charge in [-0.25, -0.2) is 0 Å². The predicted molar refractivity (Wildman–Crippen MR) is 104 cm³/mol. The molecule has 2 bridgehead atoms. The smallest absolute Gasteiger partial charge is 0.310 e. The molecule has 2 aliphatic rings. The Morgan fingerprint density at radius 2 is 1.79 bits per heavy atom. The first-order valence-corrected chi connectivity index (χ1v) is 9.99. The lowest BCUT2D eigenvalue weighted by Gasteiger charge is -2.23. The van der Waals surface area contributed by atoms with Crippen LogP contribution in [0.4, 0.5) is 5.00 Å². The zero-order valence-corrected chi connectivity index (χ0v) is 16.1. The predicted octanol–water partition coefficient (Wildman–Crippen LogP) is 2.98. The average Bonchev–Trinajstić information content (AvgIpc) is 3.35. The summed E-state index contributed by atoms with van der Waals surface area (Å²) in [4.78, 5) is 36.6. The number of nitrogens with two attached hydrogens (primary N) is 1. The van der Waals surface area contributed by atoms with Gasteiger partial charge in [-0.3, -0.25) is 14.4 Å². The largest absolute Gasteiger partial charge is 0.481 e. The molecule has 0 unspecified atom stereocenters. The molecule has 2 aromatic rings.